The van der Waals surface area contributed by atoms with Crippen molar-refractivity contribution in [3.8, 4) is 11.5 Å². The number of rotatable bonds is 9. The van der Waals surface area contributed by atoms with E-state index in [1.807, 2.05) is 0 Å². The van der Waals surface area contributed by atoms with Gasteiger partial charge in [0.05, 0.1) is 14.2 Å². The Bertz CT molecular complexity index is 916. The molecular weight excluding hydrogens is 413 g/mol. The summed E-state index contributed by atoms with van der Waals surface area (Å²) in [5.74, 6) is -0.861. The van der Waals surface area contributed by atoms with Crippen molar-refractivity contribution >= 4 is 17.5 Å². The van der Waals surface area contributed by atoms with Crippen LogP contribution in [0.3, 0.4) is 0 Å². The van der Waals surface area contributed by atoms with Gasteiger partial charge < -0.3 is 19.7 Å². The van der Waals surface area contributed by atoms with E-state index in [0.717, 1.165) is 5.56 Å². The van der Waals surface area contributed by atoms with Crippen LogP contribution in [0.25, 0.3) is 0 Å². The maximum atomic E-state index is 12.7. The average molecular weight is 438 g/mol. The Labute approximate surface area is 178 Å². The number of benzene rings is 2. The number of anilines is 1. The van der Waals surface area contributed by atoms with Crippen LogP contribution in [0.4, 0.5) is 18.9 Å². The lowest BCUT2D eigenvalue weighted by Gasteiger charge is -2.22. The molecule has 0 saturated carbocycles. The van der Waals surface area contributed by atoms with E-state index in [2.05, 4.69) is 5.32 Å². The highest BCUT2D eigenvalue weighted by Crippen LogP contribution is 2.25. The van der Waals surface area contributed by atoms with Gasteiger partial charge in [-0.15, -0.1) is 0 Å². The molecule has 0 aliphatic rings. The Morgan fingerprint density at radius 3 is 2.42 bits per heavy atom. The van der Waals surface area contributed by atoms with Crippen LogP contribution in [0.1, 0.15) is 24.5 Å². The van der Waals surface area contributed by atoms with Crippen LogP contribution >= 0.6 is 0 Å². The summed E-state index contributed by atoms with van der Waals surface area (Å²) < 4.78 is 48.6. The van der Waals surface area contributed by atoms with Gasteiger partial charge in [0, 0.05) is 25.2 Å². The summed E-state index contributed by atoms with van der Waals surface area (Å²) in [7, 11) is 3.09. The molecular formula is C22H25F3N2O4. The van der Waals surface area contributed by atoms with Gasteiger partial charge in [0.2, 0.25) is 5.91 Å². The predicted octanol–water partition coefficient (Wildman–Crippen LogP) is 4.19. The molecule has 6 nitrogen and oxygen atoms in total. The van der Waals surface area contributed by atoms with Crippen LogP contribution < -0.4 is 14.8 Å². The van der Waals surface area contributed by atoms with Crippen molar-refractivity contribution in [2.24, 2.45) is 0 Å². The highest BCUT2D eigenvalue weighted by atomic mass is 19.4. The standard InChI is InChI=1S/C22H25F3N2O4/c1-4-27(21(29)22(23,24)25)14-15-6-5-7-17(12-15)26-20(28)11-8-16-13-18(30-2)9-10-19(16)31-3/h5-7,9-10,12-13H,4,8,11,14H2,1-3H3,(H,26,28). The van der Waals surface area contributed by atoms with Gasteiger partial charge in [-0.2, -0.15) is 13.2 Å². The van der Waals surface area contributed by atoms with Gasteiger partial charge in [-0.1, -0.05) is 12.1 Å². The predicted molar refractivity (Wildman–Crippen MR) is 110 cm³/mol. The molecule has 0 aromatic heterocycles. The van der Waals surface area contributed by atoms with Gasteiger partial charge >= 0.3 is 12.1 Å². The molecule has 0 saturated heterocycles. The zero-order chi connectivity index (χ0) is 23.0. The number of hydrogen-bond donors (Lipinski definition) is 1. The van der Waals surface area contributed by atoms with Gasteiger partial charge in [0.25, 0.3) is 0 Å². The number of carbonyl (C=O) groups excluding carboxylic acids is 2. The SMILES string of the molecule is CCN(Cc1cccc(NC(=O)CCc2cc(OC)ccc2OC)c1)C(=O)C(F)(F)F. The van der Waals surface area contributed by atoms with Crippen molar-refractivity contribution in [3.63, 3.8) is 0 Å². The summed E-state index contributed by atoms with van der Waals surface area (Å²) in [5, 5.41) is 2.73. The largest absolute Gasteiger partial charge is 0.497 e. The lowest BCUT2D eigenvalue weighted by atomic mass is 10.1. The Hall–Kier alpha value is -3.23. The highest BCUT2D eigenvalue weighted by Gasteiger charge is 2.41. The molecule has 2 aromatic carbocycles. The third-order valence-electron chi connectivity index (χ3n) is 4.60. The number of nitrogens with zero attached hydrogens (tertiary/aromatic N) is 1. The van der Waals surface area contributed by atoms with E-state index in [-0.39, 0.29) is 25.4 Å². The first-order valence-electron chi connectivity index (χ1n) is 9.63. The number of halogens is 3. The van der Waals surface area contributed by atoms with Gasteiger partial charge in [0.1, 0.15) is 11.5 Å². The number of methoxy groups -OCH3 is 2. The first-order chi connectivity index (χ1) is 14.7. The summed E-state index contributed by atoms with van der Waals surface area (Å²) in [5.41, 5.74) is 1.73. The molecule has 1 N–H and O–H groups in total. The van der Waals surface area contributed by atoms with E-state index in [1.54, 1.807) is 56.7 Å². The van der Waals surface area contributed by atoms with Crippen LogP contribution in [-0.2, 0) is 22.6 Å². The molecule has 168 valence electrons. The number of carbonyl (C=O) groups is 2. The Kier molecular flexibility index (Phi) is 8.30. The maximum Gasteiger partial charge on any atom is 0.471 e. The Morgan fingerprint density at radius 2 is 1.81 bits per heavy atom. The lowest BCUT2D eigenvalue weighted by Crippen LogP contribution is -2.40. The van der Waals surface area contributed by atoms with Crippen molar-refractivity contribution in [3.05, 3.63) is 53.6 Å². The van der Waals surface area contributed by atoms with E-state index < -0.39 is 12.1 Å². The summed E-state index contributed by atoms with van der Waals surface area (Å²) in [6.45, 7) is 1.18. The molecule has 0 aliphatic heterocycles. The van der Waals surface area contributed by atoms with Crippen LogP contribution in [0, 0.1) is 0 Å². The molecule has 0 atom stereocenters. The maximum absolute atomic E-state index is 12.7. The third-order valence-corrected chi connectivity index (χ3v) is 4.60. The smallest absolute Gasteiger partial charge is 0.471 e. The third kappa shape index (κ3) is 6.91. The second kappa shape index (κ2) is 10.7. The first kappa shape index (κ1) is 24.0. The van der Waals surface area contributed by atoms with Gasteiger partial charge in [-0.3, -0.25) is 9.59 Å². The molecule has 0 spiro atoms. The van der Waals surface area contributed by atoms with Crippen molar-refractivity contribution in [1.29, 1.82) is 0 Å². The minimum Gasteiger partial charge on any atom is -0.497 e. The van der Waals surface area contributed by atoms with E-state index >= 15 is 0 Å². The topological polar surface area (TPSA) is 67.9 Å². The molecule has 0 bridgehead atoms. The molecule has 31 heavy (non-hydrogen) atoms. The lowest BCUT2D eigenvalue weighted by molar-refractivity contribution is -0.185. The van der Waals surface area contributed by atoms with E-state index in [0.29, 0.717) is 34.1 Å². The van der Waals surface area contributed by atoms with Crippen molar-refractivity contribution in [2.45, 2.75) is 32.5 Å². The zero-order valence-electron chi connectivity index (χ0n) is 17.6. The molecule has 0 unspecified atom stereocenters. The quantitative estimate of drug-likeness (QED) is 0.638. The average Bonchev–Trinajstić information content (AvgIpc) is 2.74. The second-order valence-electron chi connectivity index (χ2n) is 6.74. The number of ether oxygens (including phenoxy) is 2. The molecule has 2 rings (SSSR count). The van der Waals surface area contributed by atoms with Crippen molar-refractivity contribution in [1.82, 2.24) is 4.90 Å². The van der Waals surface area contributed by atoms with E-state index in [4.69, 9.17) is 9.47 Å². The normalized spacial score (nSPS) is 11.0. The highest BCUT2D eigenvalue weighted by molar-refractivity contribution is 5.91. The minimum atomic E-state index is -4.93. The van der Waals surface area contributed by atoms with Crippen molar-refractivity contribution in [2.75, 3.05) is 26.1 Å². The van der Waals surface area contributed by atoms with Crippen molar-refractivity contribution < 1.29 is 32.2 Å². The number of amides is 2. The van der Waals surface area contributed by atoms with Gasteiger partial charge in [-0.25, -0.2) is 0 Å². The van der Waals surface area contributed by atoms with Crippen LogP contribution in [-0.4, -0.2) is 43.7 Å². The van der Waals surface area contributed by atoms with Gasteiger partial charge in [-0.05, 0) is 54.8 Å². The summed E-state index contributed by atoms with van der Waals surface area (Å²) >= 11 is 0. The van der Waals surface area contributed by atoms with E-state index in [1.165, 1.54) is 6.92 Å². The number of nitrogens with one attached hydrogen (secondary N) is 1. The Morgan fingerprint density at radius 1 is 1.06 bits per heavy atom. The summed E-state index contributed by atoms with van der Waals surface area (Å²) in [6, 6.07) is 11.7. The zero-order valence-corrected chi connectivity index (χ0v) is 17.6. The van der Waals surface area contributed by atoms with Crippen LogP contribution in [0.2, 0.25) is 0 Å². The molecule has 0 fully saturated rings. The fourth-order valence-electron chi connectivity index (χ4n) is 3.02. The molecule has 9 heteroatoms. The van der Waals surface area contributed by atoms with Gasteiger partial charge in [0.15, 0.2) is 0 Å². The molecule has 2 aromatic rings. The van der Waals surface area contributed by atoms with Crippen LogP contribution in [0.15, 0.2) is 42.5 Å². The second-order valence-corrected chi connectivity index (χ2v) is 6.74. The van der Waals surface area contributed by atoms with Crippen LogP contribution in [0.5, 0.6) is 11.5 Å². The fourth-order valence-corrected chi connectivity index (χ4v) is 3.02. The number of hydrogen-bond acceptors (Lipinski definition) is 4. The fraction of sp³-hybridized carbons (Fsp3) is 0.364. The van der Waals surface area contributed by atoms with E-state index in [9.17, 15) is 22.8 Å². The number of alkyl halides is 3. The molecule has 2 amide bonds. The summed E-state index contributed by atoms with van der Waals surface area (Å²) in [6.07, 6.45) is -4.35. The summed E-state index contributed by atoms with van der Waals surface area (Å²) in [4.78, 5) is 24.6. The molecule has 0 heterocycles. The minimum absolute atomic E-state index is 0.0860. The monoisotopic (exact) mass is 438 g/mol. The molecule has 0 radical (unpaired) electrons. The first-order valence-corrected chi connectivity index (χ1v) is 9.63. The molecule has 0 aliphatic carbocycles. The number of aryl methyl sites for hydroxylation is 1. The Balaban J connectivity index is 2.01.